The zero-order valence-electron chi connectivity index (χ0n) is 21.5. The second-order valence-corrected chi connectivity index (χ2v) is 9.09. The first kappa shape index (κ1) is 26.9. The fourth-order valence-corrected chi connectivity index (χ4v) is 4.36. The van der Waals surface area contributed by atoms with Gasteiger partial charge in [0.1, 0.15) is 12.4 Å². The Kier molecular flexibility index (Phi) is 9.48. The average molecular weight is 517 g/mol. The molecule has 0 aliphatic rings. The zero-order chi connectivity index (χ0) is 26.7. The maximum absolute atomic E-state index is 14.2. The Morgan fingerprint density at radius 2 is 1.66 bits per heavy atom. The van der Waals surface area contributed by atoms with Gasteiger partial charge < -0.3 is 24.8 Å². The van der Waals surface area contributed by atoms with Gasteiger partial charge in [-0.3, -0.25) is 4.79 Å². The van der Waals surface area contributed by atoms with Gasteiger partial charge in [0.25, 0.3) is 0 Å². The number of fused-ring (bicyclic) bond motifs is 1. The van der Waals surface area contributed by atoms with Gasteiger partial charge in [0.15, 0.2) is 0 Å². The smallest absolute Gasteiger partial charge is 0.322 e. The van der Waals surface area contributed by atoms with E-state index in [1.54, 1.807) is 24.1 Å². The summed E-state index contributed by atoms with van der Waals surface area (Å²) in [5, 5.41) is 3.73. The van der Waals surface area contributed by atoms with E-state index in [0.29, 0.717) is 39.1 Å². The van der Waals surface area contributed by atoms with Crippen molar-refractivity contribution in [2.75, 3.05) is 38.7 Å². The van der Waals surface area contributed by atoms with Crippen LogP contribution in [0.15, 0.2) is 85.1 Å². The van der Waals surface area contributed by atoms with Gasteiger partial charge in [0, 0.05) is 50.5 Å². The molecule has 0 aliphatic carbocycles. The SMILES string of the molecule is COCCCN(CC(=O)N(CCc1c[nH]c2ccccc12)Cc1ccccc1)C(=O)Nc1ccccc1F. The summed E-state index contributed by atoms with van der Waals surface area (Å²) in [5.74, 6) is -0.719. The van der Waals surface area contributed by atoms with Crippen molar-refractivity contribution in [2.45, 2.75) is 19.4 Å². The van der Waals surface area contributed by atoms with Crippen molar-refractivity contribution in [3.63, 3.8) is 0 Å². The third-order valence-electron chi connectivity index (χ3n) is 6.40. The second-order valence-electron chi connectivity index (χ2n) is 9.09. The highest BCUT2D eigenvalue weighted by Gasteiger charge is 2.22. The number of hydrogen-bond acceptors (Lipinski definition) is 3. The fourth-order valence-electron chi connectivity index (χ4n) is 4.36. The molecule has 7 nitrogen and oxygen atoms in total. The predicted molar refractivity (Wildman–Crippen MR) is 147 cm³/mol. The molecule has 198 valence electrons. The lowest BCUT2D eigenvalue weighted by Gasteiger charge is -2.28. The Hall–Kier alpha value is -4.17. The maximum Gasteiger partial charge on any atom is 0.322 e. The Morgan fingerprint density at radius 3 is 2.45 bits per heavy atom. The second kappa shape index (κ2) is 13.4. The summed E-state index contributed by atoms with van der Waals surface area (Å²) < 4.78 is 19.3. The number of H-pyrrole nitrogens is 1. The molecule has 1 heterocycles. The summed E-state index contributed by atoms with van der Waals surface area (Å²) in [5.41, 5.74) is 3.25. The normalized spacial score (nSPS) is 10.9. The van der Waals surface area contributed by atoms with E-state index in [2.05, 4.69) is 16.4 Å². The molecule has 4 rings (SSSR count). The molecule has 0 saturated heterocycles. The van der Waals surface area contributed by atoms with Crippen LogP contribution in [0.3, 0.4) is 0 Å². The highest BCUT2D eigenvalue weighted by atomic mass is 19.1. The van der Waals surface area contributed by atoms with Gasteiger partial charge in [-0.15, -0.1) is 0 Å². The minimum Gasteiger partial charge on any atom is -0.385 e. The molecule has 0 aliphatic heterocycles. The van der Waals surface area contributed by atoms with Gasteiger partial charge in [0.05, 0.1) is 5.69 Å². The summed E-state index contributed by atoms with van der Waals surface area (Å²) >= 11 is 0. The summed E-state index contributed by atoms with van der Waals surface area (Å²) in [6.45, 7) is 1.50. The number of hydrogen-bond donors (Lipinski definition) is 2. The number of aromatic nitrogens is 1. The lowest BCUT2D eigenvalue weighted by atomic mass is 10.1. The Labute approximate surface area is 222 Å². The minimum atomic E-state index is -0.534. The number of halogens is 1. The standard InChI is InChI=1S/C30H33FN4O3/c1-38-19-9-17-35(30(37)33-28-15-8-6-13-26(28)31)22-29(36)34(21-23-10-3-2-4-11-23)18-16-24-20-32-27-14-7-5-12-25(24)27/h2-8,10-15,20,32H,9,16-19,21-22H2,1H3,(H,33,37). The molecule has 0 spiro atoms. The van der Waals surface area contributed by atoms with Gasteiger partial charge >= 0.3 is 6.03 Å². The van der Waals surface area contributed by atoms with Crippen LogP contribution in [0.5, 0.6) is 0 Å². The number of carbonyl (C=O) groups is 2. The summed E-state index contributed by atoms with van der Waals surface area (Å²) in [6, 6.07) is 23.3. The lowest BCUT2D eigenvalue weighted by Crippen LogP contribution is -2.45. The number of nitrogens with one attached hydrogen (secondary N) is 2. The molecule has 0 radical (unpaired) electrons. The number of carbonyl (C=O) groups excluding carboxylic acids is 2. The summed E-state index contributed by atoms with van der Waals surface area (Å²) in [6.07, 6.45) is 3.19. The van der Waals surface area contributed by atoms with Crippen LogP contribution in [-0.2, 0) is 22.5 Å². The molecule has 0 bridgehead atoms. The fraction of sp³-hybridized carbons (Fsp3) is 0.267. The number of nitrogens with zero attached hydrogens (tertiary/aromatic N) is 2. The van der Waals surface area contributed by atoms with Crippen molar-refractivity contribution in [1.29, 1.82) is 0 Å². The highest BCUT2D eigenvalue weighted by molar-refractivity contribution is 5.92. The van der Waals surface area contributed by atoms with Crippen molar-refractivity contribution >= 4 is 28.5 Å². The quantitative estimate of drug-likeness (QED) is 0.246. The average Bonchev–Trinajstić information content (AvgIpc) is 3.35. The van der Waals surface area contributed by atoms with Gasteiger partial charge in [-0.05, 0) is 42.2 Å². The monoisotopic (exact) mass is 516 g/mol. The molecular formula is C30H33FN4O3. The van der Waals surface area contributed by atoms with Crippen molar-refractivity contribution in [2.24, 2.45) is 0 Å². The van der Waals surface area contributed by atoms with E-state index < -0.39 is 11.8 Å². The van der Waals surface area contributed by atoms with Crippen LogP contribution in [-0.4, -0.2) is 60.1 Å². The van der Waals surface area contributed by atoms with Crippen LogP contribution in [0.25, 0.3) is 10.9 Å². The molecule has 38 heavy (non-hydrogen) atoms. The number of urea groups is 1. The molecular weight excluding hydrogens is 483 g/mol. The van der Waals surface area contributed by atoms with E-state index in [9.17, 15) is 14.0 Å². The van der Waals surface area contributed by atoms with Crippen LogP contribution >= 0.6 is 0 Å². The van der Waals surface area contributed by atoms with E-state index in [4.69, 9.17) is 4.74 Å². The van der Waals surface area contributed by atoms with Crippen LogP contribution < -0.4 is 5.32 Å². The first-order valence-corrected chi connectivity index (χ1v) is 12.7. The number of benzene rings is 3. The third-order valence-corrected chi connectivity index (χ3v) is 6.40. The van der Waals surface area contributed by atoms with Crippen molar-refractivity contribution in [1.82, 2.24) is 14.8 Å². The summed E-state index contributed by atoms with van der Waals surface area (Å²) in [4.78, 5) is 33.2. The molecule has 1 aromatic heterocycles. The van der Waals surface area contributed by atoms with E-state index in [0.717, 1.165) is 22.0 Å². The van der Waals surface area contributed by atoms with Crippen molar-refractivity contribution in [3.8, 4) is 0 Å². The first-order chi connectivity index (χ1) is 18.5. The van der Waals surface area contributed by atoms with Crippen LogP contribution in [0.1, 0.15) is 17.5 Å². The van der Waals surface area contributed by atoms with E-state index in [-0.39, 0.29) is 18.1 Å². The number of para-hydroxylation sites is 2. The number of methoxy groups -OCH3 is 1. The molecule has 3 aromatic carbocycles. The van der Waals surface area contributed by atoms with Gasteiger partial charge in [-0.1, -0.05) is 60.7 Å². The number of anilines is 1. The van der Waals surface area contributed by atoms with E-state index in [1.807, 2.05) is 54.7 Å². The largest absolute Gasteiger partial charge is 0.385 e. The van der Waals surface area contributed by atoms with Crippen LogP contribution in [0, 0.1) is 5.82 Å². The van der Waals surface area contributed by atoms with Crippen LogP contribution in [0.4, 0.5) is 14.9 Å². The topological polar surface area (TPSA) is 77.7 Å². The third kappa shape index (κ3) is 7.20. The number of ether oxygens (including phenoxy) is 1. The number of rotatable bonds is 12. The van der Waals surface area contributed by atoms with Gasteiger partial charge in [-0.25, -0.2) is 9.18 Å². The van der Waals surface area contributed by atoms with Crippen molar-refractivity contribution in [3.05, 3.63) is 102 Å². The summed E-state index contributed by atoms with van der Waals surface area (Å²) in [7, 11) is 1.58. The zero-order valence-corrected chi connectivity index (χ0v) is 21.5. The molecule has 0 unspecified atom stereocenters. The van der Waals surface area contributed by atoms with E-state index >= 15 is 0 Å². The Bertz CT molecular complexity index is 1340. The highest BCUT2D eigenvalue weighted by Crippen LogP contribution is 2.19. The van der Waals surface area contributed by atoms with Gasteiger partial charge in [-0.2, -0.15) is 0 Å². The molecule has 0 atom stereocenters. The molecule has 0 saturated carbocycles. The first-order valence-electron chi connectivity index (χ1n) is 12.7. The minimum absolute atomic E-state index is 0.0715. The Morgan fingerprint density at radius 1 is 0.921 bits per heavy atom. The van der Waals surface area contributed by atoms with Crippen molar-refractivity contribution < 1.29 is 18.7 Å². The molecule has 0 fully saturated rings. The molecule has 8 heteroatoms. The number of amides is 3. The Balaban J connectivity index is 1.50. The lowest BCUT2D eigenvalue weighted by molar-refractivity contribution is -0.132. The van der Waals surface area contributed by atoms with Gasteiger partial charge in [0.2, 0.25) is 5.91 Å². The molecule has 4 aromatic rings. The van der Waals surface area contributed by atoms with Crippen LogP contribution in [0.2, 0.25) is 0 Å². The molecule has 2 N–H and O–H groups in total. The number of aromatic amines is 1. The predicted octanol–water partition coefficient (Wildman–Crippen LogP) is 5.45. The van der Waals surface area contributed by atoms with E-state index in [1.165, 1.54) is 17.0 Å². The molecule has 3 amide bonds. The maximum atomic E-state index is 14.2.